The summed E-state index contributed by atoms with van der Waals surface area (Å²) < 4.78 is 11.1. The molecule has 0 aromatic carbocycles. The molecule has 0 spiro atoms. The Hall–Kier alpha value is -1.66. The molecule has 0 bridgehead atoms. The molecule has 2 saturated heterocycles. The first-order valence-corrected chi connectivity index (χ1v) is 11.4. The predicted molar refractivity (Wildman–Crippen MR) is 112 cm³/mol. The number of methoxy groups -OCH3 is 1. The van der Waals surface area contributed by atoms with Crippen LogP contribution in [0, 0.1) is 5.92 Å². The van der Waals surface area contributed by atoms with Crippen molar-refractivity contribution in [3.05, 3.63) is 24.0 Å². The van der Waals surface area contributed by atoms with E-state index in [-0.39, 0.29) is 12.0 Å². The van der Waals surface area contributed by atoms with Gasteiger partial charge in [-0.25, -0.2) is 0 Å². The summed E-state index contributed by atoms with van der Waals surface area (Å²) in [5.41, 5.74) is 0.464. The lowest BCUT2D eigenvalue weighted by molar-refractivity contribution is 0.0425. The van der Waals surface area contributed by atoms with Crippen LogP contribution in [0.2, 0.25) is 0 Å². The maximum atomic E-state index is 13.3. The van der Waals surface area contributed by atoms with Crippen LogP contribution in [0.5, 0.6) is 5.75 Å². The largest absolute Gasteiger partial charge is 0.497 e. The van der Waals surface area contributed by atoms with Gasteiger partial charge in [0.1, 0.15) is 11.4 Å². The van der Waals surface area contributed by atoms with Crippen molar-refractivity contribution >= 4 is 5.91 Å². The van der Waals surface area contributed by atoms with Crippen LogP contribution < -0.4 is 4.74 Å². The average Bonchev–Trinajstić information content (AvgIpc) is 3.48. The first-order chi connectivity index (χ1) is 14.2. The van der Waals surface area contributed by atoms with E-state index in [9.17, 15) is 4.79 Å². The summed E-state index contributed by atoms with van der Waals surface area (Å²) in [7, 11) is 1.62. The van der Waals surface area contributed by atoms with Gasteiger partial charge in [-0.05, 0) is 63.6 Å². The molecular weight excluding hydrogens is 366 g/mol. The summed E-state index contributed by atoms with van der Waals surface area (Å²) in [6, 6.07) is 4.33. The summed E-state index contributed by atoms with van der Waals surface area (Å²) >= 11 is 0. The normalized spacial score (nSPS) is 24.1. The van der Waals surface area contributed by atoms with Crippen LogP contribution in [0.1, 0.15) is 61.9 Å². The predicted octanol–water partition coefficient (Wildman–Crippen LogP) is 3.37. The molecule has 0 radical (unpaired) electrons. The molecule has 6 nitrogen and oxygen atoms in total. The highest BCUT2D eigenvalue weighted by Crippen LogP contribution is 2.28. The third-order valence-electron chi connectivity index (χ3n) is 6.89. The van der Waals surface area contributed by atoms with Crippen molar-refractivity contribution < 1.29 is 14.3 Å². The number of likely N-dealkylation sites (tertiary alicyclic amines) is 1. The lowest BCUT2D eigenvalue weighted by Crippen LogP contribution is -2.45. The molecule has 6 heteroatoms. The topological polar surface area (TPSA) is 54.9 Å². The molecule has 3 fully saturated rings. The Bertz CT molecular complexity index is 663. The molecule has 1 saturated carbocycles. The smallest absolute Gasteiger partial charge is 0.272 e. The first-order valence-electron chi connectivity index (χ1n) is 11.4. The van der Waals surface area contributed by atoms with E-state index in [1.807, 2.05) is 4.90 Å². The van der Waals surface area contributed by atoms with E-state index in [1.54, 1.807) is 25.4 Å². The lowest BCUT2D eigenvalue weighted by atomic mass is 9.94. The minimum atomic E-state index is -0.00220. The van der Waals surface area contributed by atoms with Crippen LogP contribution in [-0.4, -0.2) is 72.7 Å². The van der Waals surface area contributed by atoms with E-state index in [4.69, 9.17) is 9.47 Å². The number of carbonyl (C=O) groups excluding carboxylic acids is 1. The Kier molecular flexibility index (Phi) is 7.03. The first kappa shape index (κ1) is 20.6. The number of piperidine rings is 1. The maximum Gasteiger partial charge on any atom is 0.272 e. The van der Waals surface area contributed by atoms with Gasteiger partial charge in [0.15, 0.2) is 0 Å². The highest BCUT2D eigenvalue weighted by molar-refractivity contribution is 5.92. The Labute approximate surface area is 174 Å². The zero-order valence-corrected chi connectivity index (χ0v) is 17.7. The fourth-order valence-electron chi connectivity index (χ4n) is 5.17. The Morgan fingerprint density at radius 3 is 2.66 bits per heavy atom. The van der Waals surface area contributed by atoms with Gasteiger partial charge in [0, 0.05) is 38.0 Å². The summed E-state index contributed by atoms with van der Waals surface area (Å²) in [6.07, 6.45) is 11.8. The second kappa shape index (κ2) is 9.90. The van der Waals surface area contributed by atoms with Gasteiger partial charge >= 0.3 is 0 Å². The Morgan fingerprint density at radius 1 is 1.17 bits per heavy atom. The molecule has 1 aromatic heterocycles. The van der Waals surface area contributed by atoms with Crippen LogP contribution in [0.4, 0.5) is 0 Å². The monoisotopic (exact) mass is 401 g/mol. The van der Waals surface area contributed by atoms with Gasteiger partial charge in [0.2, 0.25) is 0 Å². The van der Waals surface area contributed by atoms with Gasteiger partial charge < -0.3 is 19.3 Å². The number of carbonyl (C=O) groups is 1. The minimum Gasteiger partial charge on any atom is -0.497 e. The van der Waals surface area contributed by atoms with Gasteiger partial charge in [-0.15, -0.1) is 0 Å². The third-order valence-corrected chi connectivity index (χ3v) is 6.89. The van der Waals surface area contributed by atoms with Gasteiger partial charge in [-0.2, -0.15) is 0 Å². The Morgan fingerprint density at radius 2 is 1.97 bits per heavy atom. The SMILES string of the molecule is COc1ccnc(C(=O)N(CC2CCN(C3CCCC3)CC2)C[C@@H]2CCCO2)c1. The van der Waals surface area contributed by atoms with Crippen LogP contribution in [0.25, 0.3) is 0 Å². The molecule has 1 aromatic rings. The summed E-state index contributed by atoms with van der Waals surface area (Å²) in [4.78, 5) is 22.3. The molecule has 3 aliphatic rings. The van der Waals surface area contributed by atoms with Crippen LogP contribution >= 0.6 is 0 Å². The van der Waals surface area contributed by atoms with E-state index in [2.05, 4.69) is 9.88 Å². The van der Waals surface area contributed by atoms with Gasteiger partial charge in [0.25, 0.3) is 5.91 Å². The second-order valence-electron chi connectivity index (χ2n) is 8.84. The standard InChI is InChI=1S/C23H35N3O3/c1-28-20-8-11-24-22(15-20)23(27)26(17-21-7-4-14-29-21)16-18-9-12-25(13-10-18)19-5-2-3-6-19/h8,11,15,18-19,21H,2-7,9-10,12-14,16-17H2,1H3/t21-/m0/s1. The summed E-state index contributed by atoms with van der Waals surface area (Å²) in [6.45, 7) is 4.63. The van der Waals surface area contributed by atoms with Crippen LogP contribution in [-0.2, 0) is 4.74 Å². The van der Waals surface area contributed by atoms with Gasteiger partial charge in [0.05, 0.1) is 13.2 Å². The molecule has 0 unspecified atom stereocenters. The van der Waals surface area contributed by atoms with Crippen LogP contribution in [0.15, 0.2) is 18.3 Å². The number of amides is 1. The fourth-order valence-corrected chi connectivity index (χ4v) is 5.17. The highest BCUT2D eigenvalue weighted by Gasteiger charge is 2.31. The van der Waals surface area contributed by atoms with Crippen molar-refractivity contribution in [2.24, 2.45) is 5.92 Å². The Balaban J connectivity index is 1.39. The van der Waals surface area contributed by atoms with E-state index in [0.717, 1.165) is 32.0 Å². The number of nitrogens with zero attached hydrogens (tertiary/aromatic N) is 3. The zero-order valence-electron chi connectivity index (χ0n) is 17.7. The van der Waals surface area contributed by atoms with Crippen molar-refractivity contribution in [2.45, 2.75) is 63.5 Å². The molecule has 0 N–H and O–H groups in total. The van der Waals surface area contributed by atoms with Crippen molar-refractivity contribution in [3.8, 4) is 5.75 Å². The maximum absolute atomic E-state index is 13.3. The number of hydrogen-bond donors (Lipinski definition) is 0. The minimum absolute atomic E-state index is 0.00220. The quantitative estimate of drug-likeness (QED) is 0.701. The van der Waals surface area contributed by atoms with E-state index >= 15 is 0 Å². The molecular formula is C23H35N3O3. The third kappa shape index (κ3) is 5.28. The summed E-state index contributed by atoms with van der Waals surface area (Å²) in [5, 5.41) is 0. The summed E-state index contributed by atoms with van der Waals surface area (Å²) in [5.74, 6) is 1.23. The van der Waals surface area contributed by atoms with Gasteiger partial charge in [-0.1, -0.05) is 12.8 Å². The zero-order chi connectivity index (χ0) is 20.1. The van der Waals surface area contributed by atoms with Gasteiger partial charge in [-0.3, -0.25) is 9.78 Å². The van der Waals surface area contributed by atoms with Crippen LogP contribution in [0.3, 0.4) is 0 Å². The number of hydrogen-bond acceptors (Lipinski definition) is 5. The molecule has 1 atom stereocenters. The average molecular weight is 402 g/mol. The van der Waals surface area contributed by atoms with Crippen molar-refractivity contribution in [1.82, 2.24) is 14.8 Å². The lowest BCUT2D eigenvalue weighted by Gasteiger charge is -2.38. The molecule has 2 aliphatic heterocycles. The second-order valence-corrected chi connectivity index (χ2v) is 8.84. The van der Waals surface area contributed by atoms with E-state index < -0.39 is 0 Å². The number of aromatic nitrogens is 1. The highest BCUT2D eigenvalue weighted by atomic mass is 16.5. The molecule has 4 rings (SSSR count). The van der Waals surface area contributed by atoms with Crippen molar-refractivity contribution in [2.75, 3.05) is 39.9 Å². The molecule has 1 amide bonds. The number of rotatable bonds is 7. The van der Waals surface area contributed by atoms with Crippen molar-refractivity contribution in [3.63, 3.8) is 0 Å². The van der Waals surface area contributed by atoms with E-state index in [1.165, 1.54) is 51.6 Å². The molecule has 160 valence electrons. The molecule has 29 heavy (non-hydrogen) atoms. The fraction of sp³-hybridized carbons (Fsp3) is 0.739. The number of pyridine rings is 1. The molecule has 3 heterocycles. The van der Waals surface area contributed by atoms with E-state index in [0.29, 0.717) is 23.9 Å². The number of ether oxygens (including phenoxy) is 2. The molecule has 1 aliphatic carbocycles. The van der Waals surface area contributed by atoms with Crippen molar-refractivity contribution in [1.29, 1.82) is 0 Å².